The van der Waals surface area contributed by atoms with Gasteiger partial charge in [-0.25, -0.2) is 5.84 Å². The number of anilines is 1. The zero-order valence-electron chi connectivity index (χ0n) is 11.4. The molecule has 1 aromatic heterocycles. The fraction of sp³-hybridized carbons (Fsp3) is 0.833. The third-order valence-corrected chi connectivity index (χ3v) is 5.08. The van der Waals surface area contributed by atoms with Crippen molar-refractivity contribution < 1.29 is 0 Å². The molecule has 19 heavy (non-hydrogen) atoms. The van der Waals surface area contributed by atoms with Crippen LogP contribution in [0.5, 0.6) is 0 Å². The van der Waals surface area contributed by atoms with Gasteiger partial charge in [0.2, 0.25) is 5.13 Å². The van der Waals surface area contributed by atoms with Gasteiger partial charge in [-0.05, 0) is 26.3 Å². The van der Waals surface area contributed by atoms with Crippen LogP contribution in [0.3, 0.4) is 0 Å². The van der Waals surface area contributed by atoms with Gasteiger partial charge in [-0.3, -0.25) is 15.2 Å². The van der Waals surface area contributed by atoms with Crippen LogP contribution in [0.1, 0.15) is 31.2 Å². The minimum absolute atomic E-state index is 0.590. The molecule has 2 unspecified atom stereocenters. The number of hydrazine groups is 1. The van der Waals surface area contributed by atoms with Crippen molar-refractivity contribution in [3.05, 3.63) is 5.01 Å². The Balaban J connectivity index is 1.63. The molecule has 106 valence electrons. The maximum absolute atomic E-state index is 5.35. The number of hydrogen-bond acceptors (Lipinski definition) is 7. The first-order valence-electron chi connectivity index (χ1n) is 7.03. The first kappa shape index (κ1) is 13.2. The van der Waals surface area contributed by atoms with Crippen LogP contribution < -0.4 is 11.3 Å². The van der Waals surface area contributed by atoms with Crippen LogP contribution in [0.25, 0.3) is 0 Å². The molecule has 0 bridgehead atoms. The molecule has 2 fully saturated rings. The number of nitrogens with one attached hydrogen (secondary N) is 1. The molecule has 2 aliphatic rings. The van der Waals surface area contributed by atoms with Crippen LogP contribution >= 0.6 is 11.3 Å². The molecule has 0 amide bonds. The third-order valence-electron chi connectivity index (χ3n) is 4.25. The van der Waals surface area contributed by atoms with Crippen molar-refractivity contribution in [3.8, 4) is 0 Å². The second-order valence-electron chi connectivity index (χ2n) is 5.57. The normalized spacial score (nSPS) is 29.2. The molecule has 3 heterocycles. The largest absolute Gasteiger partial charge is 0.298 e. The van der Waals surface area contributed by atoms with Crippen LogP contribution in [0, 0.1) is 0 Å². The number of piperidine rings is 1. The summed E-state index contributed by atoms with van der Waals surface area (Å²) >= 11 is 1.54. The molecular weight excluding hydrogens is 260 g/mol. The van der Waals surface area contributed by atoms with E-state index in [1.54, 1.807) is 11.3 Å². The van der Waals surface area contributed by atoms with Gasteiger partial charge < -0.3 is 0 Å². The Morgan fingerprint density at radius 1 is 1.37 bits per heavy atom. The van der Waals surface area contributed by atoms with Crippen LogP contribution in [0.2, 0.25) is 0 Å². The van der Waals surface area contributed by atoms with Crippen molar-refractivity contribution >= 4 is 16.5 Å². The van der Waals surface area contributed by atoms with E-state index in [1.165, 1.54) is 32.4 Å². The zero-order valence-corrected chi connectivity index (χ0v) is 12.2. The first-order chi connectivity index (χ1) is 9.26. The zero-order chi connectivity index (χ0) is 13.2. The number of hydrogen-bond donors (Lipinski definition) is 2. The number of rotatable bonds is 3. The van der Waals surface area contributed by atoms with Gasteiger partial charge in [0.05, 0.1) is 6.54 Å². The minimum Gasteiger partial charge on any atom is -0.298 e. The van der Waals surface area contributed by atoms with E-state index in [0.717, 1.165) is 24.1 Å². The Kier molecular flexibility index (Phi) is 3.97. The highest BCUT2D eigenvalue weighted by atomic mass is 32.1. The molecular formula is C12H22N6S. The van der Waals surface area contributed by atoms with Crippen LogP contribution in [0.15, 0.2) is 0 Å². The SMILES string of the molecule is CC1CN2CCCCC2CN1Cc1nnc(NN)s1. The van der Waals surface area contributed by atoms with Crippen molar-refractivity contribution in [2.45, 2.75) is 44.8 Å². The lowest BCUT2D eigenvalue weighted by Crippen LogP contribution is -2.58. The molecule has 0 spiro atoms. The Morgan fingerprint density at radius 3 is 3.05 bits per heavy atom. The summed E-state index contributed by atoms with van der Waals surface area (Å²) in [4.78, 5) is 5.20. The minimum atomic E-state index is 0.590. The van der Waals surface area contributed by atoms with Crippen LogP contribution in [0.4, 0.5) is 5.13 Å². The molecule has 3 rings (SSSR count). The highest BCUT2D eigenvalue weighted by Crippen LogP contribution is 2.26. The average Bonchev–Trinajstić information content (AvgIpc) is 2.87. The van der Waals surface area contributed by atoms with E-state index < -0.39 is 0 Å². The second-order valence-corrected chi connectivity index (χ2v) is 6.63. The van der Waals surface area contributed by atoms with Crippen LogP contribution in [-0.2, 0) is 6.54 Å². The van der Waals surface area contributed by atoms with Crippen molar-refractivity contribution in [1.29, 1.82) is 0 Å². The number of aromatic nitrogens is 2. The van der Waals surface area contributed by atoms with E-state index in [2.05, 4.69) is 32.3 Å². The van der Waals surface area contributed by atoms with Crippen LogP contribution in [-0.4, -0.2) is 51.7 Å². The van der Waals surface area contributed by atoms with E-state index in [9.17, 15) is 0 Å². The van der Waals surface area contributed by atoms with Gasteiger partial charge in [0.15, 0.2) is 0 Å². The molecule has 2 atom stereocenters. The summed E-state index contributed by atoms with van der Waals surface area (Å²) in [5.41, 5.74) is 2.56. The highest BCUT2D eigenvalue weighted by molar-refractivity contribution is 7.15. The summed E-state index contributed by atoms with van der Waals surface area (Å²) in [5, 5.41) is 9.93. The molecule has 0 saturated carbocycles. The van der Waals surface area contributed by atoms with Gasteiger partial charge in [-0.1, -0.05) is 17.8 Å². The summed E-state index contributed by atoms with van der Waals surface area (Å²) in [5.74, 6) is 5.35. The monoisotopic (exact) mass is 282 g/mol. The van der Waals surface area contributed by atoms with Gasteiger partial charge in [0, 0.05) is 25.2 Å². The Morgan fingerprint density at radius 2 is 2.26 bits per heavy atom. The number of piperazine rings is 1. The van der Waals surface area contributed by atoms with Crippen molar-refractivity contribution in [1.82, 2.24) is 20.0 Å². The lowest BCUT2D eigenvalue weighted by atomic mass is 9.97. The number of fused-ring (bicyclic) bond motifs is 1. The fourth-order valence-electron chi connectivity index (χ4n) is 3.18. The second kappa shape index (κ2) is 5.70. The molecule has 0 aliphatic carbocycles. The molecule has 2 saturated heterocycles. The van der Waals surface area contributed by atoms with Gasteiger partial charge in [0.1, 0.15) is 5.01 Å². The van der Waals surface area contributed by atoms with Crippen molar-refractivity contribution in [2.75, 3.05) is 25.1 Å². The summed E-state index contributed by atoms with van der Waals surface area (Å²) in [6.07, 6.45) is 4.09. The molecule has 7 heteroatoms. The molecule has 1 aromatic rings. The summed E-state index contributed by atoms with van der Waals surface area (Å²) in [6, 6.07) is 1.33. The first-order valence-corrected chi connectivity index (χ1v) is 7.85. The predicted molar refractivity (Wildman–Crippen MR) is 76.8 cm³/mol. The highest BCUT2D eigenvalue weighted by Gasteiger charge is 2.33. The van der Waals surface area contributed by atoms with Gasteiger partial charge in [0.25, 0.3) is 0 Å². The van der Waals surface area contributed by atoms with Crippen molar-refractivity contribution in [3.63, 3.8) is 0 Å². The topological polar surface area (TPSA) is 70.3 Å². The molecule has 3 N–H and O–H groups in total. The standard InChI is InChI=1S/C12H22N6S/c1-9-6-17-5-3-2-4-10(17)7-18(9)8-11-15-16-12(14-13)19-11/h9-10H,2-8,13H2,1H3,(H,14,16). The Bertz CT molecular complexity index is 422. The molecule has 2 aliphatic heterocycles. The van der Waals surface area contributed by atoms with E-state index in [0.29, 0.717) is 11.2 Å². The summed E-state index contributed by atoms with van der Waals surface area (Å²) in [7, 11) is 0. The summed E-state index contributed by atoms with van der Waals surface area (Å²) in [6.45, 7) is 6.83. The average molecular weight is 282 g/mol. The molecule has 0 aromatic carbocycles. The molecule has 0 radical (unpaired) electrons. The van der Waals surface area contributed by atoms with Gasteiger partial charge >= 0.3 is 0 Å². The number of nitrogens with zero attached hydrogens (tertiary/aromatic N) is 4. The lowest BCUT2D eigenvalue weighted by molar-refractivity contribution is 0.0110. The Labute approximate surface area is 117 Å². The number of nitrogen functional groups attached to an aromatic ring is 1. The van der Waals surface area contributed by atoms with E-state index in [4.69, 9.17) is 5.84 Å². The van der Waals surface area contributed by atoms with Crippen molar-refractivity contribution in [2.24, 2.45) is 5.84 Å². The quantitative estimate of drug-likeness (QED) is 0.633. The molecule has 6 nitrogen and oxygen atoms in total. The number of nitrogens with two attached hydrogens (primary N) is 1. The van der Waals surface area contributed by atoms with E-state index in [-0.39, 0.29) is 0 Å². The van der Waals surface area contributed by atoms with E-state index in [1.807, 2.05) is 0 Å². The lowest BCUT2D eigenvalue weighted by Gasteiger charge is -2.47. The van der Waals surface area contributed by atoms with E-state index >= 15 is 0 Å². The maximum Gasteiger partial charge on any atom is 0.219 e. The predicted octanol–water partition coefficient (Wildman–Crippen LogP) is 0.882. The van der Waals surface area contributed by atoms with Gasteiger partial charge in [-0.2, -0.15) is 0 Å². The maximum atomic E-state index is 5.35. The van der Waals surface area contributed by atoms with Gasteiger partial charge in [-0.15, -0.1) is 10.2 Å². The smallest absolute Gasteiger partial charge is 0.219 e. The third kappa shape index (κ3) is 2.89. The fourth-order valence-corrected chi connectivity index (χ4v) is 3.86. The summed E-state index contributed by atoms with van der Waals surface area (Å²) < 4.78 is 0. The Hall–Kier alpha value is -0.760.